The van der Waals surface area contributed by atoms with Crippen molar-refractivity contribution in [2.45, 2.75) is 12.3 Å². The molecule has 0 saturated heterocycles. The van der Waals surface area contributed by atoms with Crippen molar-refractivity contribution in [3.63, 3.8) is 0 Å². The summed E-state index contributed by atoms with van der Waals surface area (Å²) in [7, 11) is 1.40. The van der Waals surface area contributed by atoms with E-state index in [2.05, 4.69) is 4.74 Å². The van der Waals surface area contributed by atoms with Gasteiger partial charge in [0.25, 0.3) is 0 Å². The van der Waals surface area contributed by atoms with Crippen LogP contribution in [0.25, 0.3) is 0 Å². The van der Waals surface area contributed by atoms with Crippen LogP contribution in [0.3, 0.4) is 0 Å². The molecule has 2 nitrogen and oxygen atoms in total. The Morgan fingerprint density at radius 1 is 1.47 bits per heavy atom. The molecule has 0 heterocycles. The second kappa shape index (κ2) is 4.03. The topological polar surface area (TPSA) is 26.3 Å². The first-order valence-corrected chi connectivity index (χ1v) is 5.42. The molecule has 2 unspecified atom stereocenters. The fraction of sp³-hybridized carbons (Fsp3) is 0.364. The Bertz CT molecular complexity index is 404. The molecule has 2 rings (SSSR count). The summed E-state index contributed by atoms with van der Waals surface area (Å²) in [6.07, 6.45) is 0.798. The standard InChI is InChI=1S/C11H10Cl2O2/c1-15-11(14)8-5-7(8)6-3-2-4-9(12)10(6)13/h2-4,7-8H,5H2,1H3. The van der Waals surface area contributed by atoms with E-state index >= 15 is 0 Å². The van der Waals surface area contributed by atoms with Gasteiger partial charge in [-0.15, -0.1) is 0 Å². The largest absolute Gasteiger partial charge is 0.469 e. The molecule has 0 aliphatic heterocycles. The van der Waals surface area contributed by atoms with Crippen molar-refractivity contribution in [3.05, 3.63) is 33.8 Å². The summed E-state index contributed by atoms with van der Waals surface area (Å²) >= 11 is 12.0. The normalized spacial score (nSPS) is 23.7. The minimum Gasteiger partial charge on any atom is -0.469 e. The lowest BCUT2D eigenvalue weighted by atomic mass is 10.1. The van der Waals surface area contributed by atoms with Crippen LogP contribution >= 0.6 is 23.2 Å². The Kier molecular flexibility index (Phi) is 2.89. The Morgan fingerprint density at radius 3 is 2.87 bits per heavy atom. The summed E-state index contributed by atoms with van der Waals surface area (Å²) in [5.41, 5.74) is 0.944. The molecule has 1 aromatic carbocycles. The number of esters is 1. The highest BCUT2D eigenvalue weighted by atomic mass is 35.5. The molecule has 1 fully saturated rings. The van der Waals surface area contributed by atoms with Gasteiger partial charge in [0.15, 0.2) is 0 Å². The van der Waals surface area contributed by atoms with Crippen molar-refractivity contribution in [2.75, 3.05) is 7.11 Å². The number of ether oxygens (including phenoxy) is 1. The predicted molar refractivity (Wildman–Crippen MR) is 59.3 cm³/mol. The van der Waals surface area contributed by atoms with E-state index in [4.69, 9.17) is 23.2 Å². The zero-order valence-corrected chi connectivity index (χ0v) is 9.68. The van der Waals surface area contributed by atoms with Crippen LogP contribution in [0.2, 0.25) is 10.0 Å². The fourth-order valence-corrected chi connectivity index (χ4v) is 2.21. The van der Waals surface area contributed by atoms with Gasteiger partial charge in [-0.1, -0.05) is 35.3 Å². The summed E-state index contributed by atoms with van der Waals surface area (Å²) < 4.78 is 4.68. The Labute approximate surface area is 98.1 Å². The second-order valence-corrected chi connectivity index (χ2v) is 4.40. The SMILES string of the molecule is COC(=O)C1CC1c1cccc(Cl)c1Cl. The molecule has 1 saturated carbocycles. The van der Waals surface area contributed by atoms with Gasteiger partial charge < -0.3 is 4.74 Å². The summed E-state index contributed by atoms with van der Waals surface area (Å²) in [5.74, 6) is -0.0503. The third kappa shape index (κ3) is 1.97. The van der Waals surface area contributed by atoms with E-state index in [9.17, 15) is 4.79 Å². The zero-order valence-electron chi connectivity index (χ0n) is 8.17. The summed E-state index contributed by atoms with van der Waals surface area (Å²) in [4.78, 5) is 11.3. The van der Waals surface area contributed by atoms with Crippen molar-refractivity contribution in [2.24, 2.45) is 5.92 Å². The van der Waals surface area contributed by atoms with E-state index < -0.39 is 0 Å². The molecule has 1 aliphatic carbocycles. The number of carbonyl (C=O) groups excluding carboxylic acids is 1. The van der Waals surface area contributed by atoms with Crippen molar-refractivity contribution in [1.82, 2.24) is 0 Å². The lowest BCUT2D eigenvalue weighted by Gasteiger charge is -2.04. The van der Waals surface area contributed by atoms with E-state index in [-0.39, 0.29) is 17.8 Å². The average Bonchev–Trinajstić information content (AvgIpc) is 3.01. The lowest BCUT2D eigenvalue weighted by molar-refractivity contribution is -0.142. The molecule has 0 spiro atoms. The first kappa shape index (κ1) is 10.8. The number of carbonyl (C=O) groups is 1. The third-order valence-corrected chi connectivity index (χ3v) is 3.51. The smallest absolute Gasteiger partial charge is 0.309 e. The monoisotopic (exact) mass is 244 g/mol. The molecular weight excluding hydrogens is 235 g/mol. The van der Waals surface area contributed by atoms with Crippen molar-refractivity contribution >= 4 is 29.2 Å². The molecule has 0 amide bonds. The summed E-state index contributed by atoms with van der Waals surface area (Å²) in [6, 6.07) is 5.49. The maximum atomic E-state index is 11.3. The Morgan fingerprint density at radius 2 is 2.20 bits per heavy atom. The van der Waals surface area contributed by atoms with E-state index in [1.807, 2.05) is 12.1 Å². The molecule has 0 N–H and O–H groups in total. The van der Waals surface area contributed by atoms with Crippen molar-refractivity contribution in [3.8, 4) is 0 Å². The second-order valence-electron chi connectivity index (χ2n) is 3.61. The highest BCUT2D eigenvalue weighted by Gasteiger charge is 2.45. The molecule has 15 heavy (non-hydrogen) atoms. The van der Waals surface area contributed by atoms with Crippen LogP contribution in [-0.2, 0) is 9.53 Å². The van der Waals surface area contributed by atoms with Gasteiger partial charge >= 0.3 is 5.97 Å². The predicted octanol–water partition coefficient (Wildman–Crippen LogP) is 3.27. The average molecular weight is 245 g/mol. The molecule has 0 aromatic heterocycles. The van der Waals surface area contributed by atoms with Gasteiger partial charge in [0.05, 0.1) is 23.1 Å². The molecular formula is C11H10Cl2O2. The van der Waals surface area contributed by atoms with E-state index in [0.29, 0.717) is 10.0 Å². The van der Waals surface area contributed by atoms with Crippen LogP contribution in [0, 0.1) is 5.92 Å². The first-order chi connectivity index (χ1) is 7.15. The Hall–Kier alpha value is -0.730. The zero-order chi connectivity index (χ0) is 11.0. The number of methoxy groups -OCH3 is 1. The molecule has 0 radical (unpaired) electrons. The number of halogens is 2. The van der Waals surface area contributed by atoms with Gasteiger partial charge in [-0.2, -0.15) is 0 Å². The van der Waals surface area contributed by atoms with Crippen LogP contribution in [0.15, 0.2) is 18.2 Å². The van der Waals surface area contributed by atoms with Gasteiger partial charge in [-0.25, -0.2) is 0 Å². The van der Waals surface area contributed by atoms with Crippen LogP contribution in [0.1, 0.15) is 17.9 Å². The van der Waals surface area contributed by atoms with E-state index in [1.165, 1.54) is 7.11 Å². The third-order valence-electron chi connectivity index (χ3n) is 2.68. The van der Waals surface area contributed by atoms with E-state index in [0.717, 1.165) is 12.0 Å². The minimum absolute atomic E-state index is 0.0500. The van der Waals surface area contributed by atoms with Crippen LogP contribution in [0.5, 0.6) is 0 Å². The van der Waals surface area contributed by atoms with Crippen LogP contribution < -0.4 is 0 Å². The molecule has 80 valence electrons. The maximum Gasteiger partial charge on any atom is 0.309 e. The molecule has 1 aromatic rings. The van der Waals surface area contributed by atoms with Gasteiger partial charge in [-0.05, 0) is 24.0 Å². The van der Waals surface area contributed by atoms with Gasteiger partial charge in [0, 0.05) is 0 Å². The quantitative estimate of drug-likeness (QED) is 0.747. The van der Waals surface area contributed by atoms with Crippen LogP contribution in [0.4, 0.5) is 0 Å². The number of rotatable bonds is 2. The number of hydrogen-bond donors (Lipinski definition) is 0. The van der Waals surface area contributed by atoms with Gasteiger partial charge in [-0.3, -0.25) is 4.79 Å². The first-order valence-electron chi connectivity index (χ1n) is 4.67. The molecule has 0 bridgehead atoms. The van der Waals surface area contributed by atoms with Crippen LogP contribution in [-0.4, -0.2) is 13.1 Å². The van der Waals surface area contributed by atoms with Crippen molar-refractivity contribution < 1.29 is 9.53 Å². The summed E-state index contributed by atoms with van der Waals surface area (Å²) in [5, 5.41) is 1.08. The summed E-state index contributed by atoms with van der Waals surface area (Å²) in [6.45, 7) is 0. The number of benzene rings is 1. The minimum atomic E-state index is -0.170. The van der Waals surface area contributed by atoms with E-state index in [1.54, 1.807) is 6.07 Å². The molecule has 1 aliphatic rings. The Balaban J connectivity index is 2.20. The molecule has 2 atom stereocenters. The molecule has 4 heteroatoms. The maximum absolute atomic E-state index is 11.3. The number of hydrogen-bond acceptors (Lipinski definition) is 2. The van der Waals surface area contributed by atoms with Crippen molar-refractivity contribution in [1.29, 1.82) is 0 Å². The highest BCUT2D eigenvalue weighted by Crippen LogP contribution is 2.51. The lowest BCUT2D eigenvalue weighted by Crippen LogP contribution is -2.04. The highest BCUT2D eigenvalue weighted by molar-refractivity contribution is 6.42. The van der Waals surface area contributed by atoms with Gasteiger partial charge in [0.1, 0.15) is 0 Å². The van der Waals surface area contributed by atoms with Gasteiger partial charge in [0.2, 0.25) is 0 Å². The fourth-order valence-electron chi connectivity index (χ4n) is 1.76.